The van der Waals surface area contributed by atoms with Gasteiger partial charge in [0.1, 0.15) is 6.61 Å². The van der Waals surface area contributed by atoms with Gasteiger partial charge in [-0.3, -0.25) is 0 Å². The topological polar surface area (TPSA) is 26.3 Å². The van der Waals surface area contributed by atoms with Gasteiger partial charge >= 0.3 is 5.97 Å². The van der Waals surface area contributed by atoms with E-state index in [1.54, 1.807) is 0 Å². The molecule has 0 rings (SSSR count). The van der Waals surface area contributed by atoms with Gasteiger partial charge in [-0.25, -0.2) is 4.79 Å². The highest BCUT2D eigenvalue weighted by Gasteiger charge is 2.06. The third kappa shape index (κ3) is 16.2. The van der Waals surface area contributed by atoms with Crippen molar-refractivity contribution in [3.05, 3.63) is 24.3 Å². The van der Waals surface area contributed by atoms with Crippen LogP contribution in [0.25, 0.3) is 0 Å². The highest BCUT2D eigenvalue weighted by molar-refractivity contribution is 5.81. The fraction of sp³-hybridized carbons (Fsp3) is 0.783. The van der Waals surface area contributed by atoms with Gasteiger partial charge in [0, 0.05) is 6.08 Å². The van der Waals surface area contributed by atoms with Crippen LogP contribution in [0, 0.1) is 17.8 Å². The average molecular weight is 351 g/mol. The summed E-state index contributed by atoms with van der Waals surface area (Å²) >= 11 is 0. The van der Waals surface area contributed by atoms with Crippen molar-refractivity contribution in [3.8, 4) is 0 Å². The lowest BCUT2D eigenvalue weighted by Gasteiger charge is -2.15. The number of allylic oxidation sites excluding steroid dienone is 1. The molecular weight excluding hydrogens is 308 g/mol. The quantitative estimate of drug-likeness (QED) is 0.179. The maximum absolute atomic E-state index is 11.0. The van der Waals surface area contributed by atoms with Crippen molar-refractivity contribution >= 4 is 5.97 Å². The predicted molar refractivity (Wildman–Crippen MR) is 110 cm³/mol. The first-order valence-corrected chi connectivity index (χ1v) is 10.3. The van der Waals surface area contributed by atoms with Crippen molar-refractivity contribution in [1.82, 2.24) is 0 Å². The van der Waals surface area contributed by atoms with Gasteiger partial charge in [-0.05, 0) is 43.6 Å². The number of hydrogen-bond donors (Lipinski definition) is 0. The molecule has 2 atom stereocenters. The summed E-state index contributed by atoms with van der Waals surface area (Å²) in [5, 5.41) is 0. The molecule has 2 nitrogen and oxygen atoms in total. The maximum atomic E-state index is 11.0. The Morgan fingerprint density at radius 1 is 0.920 bits per heavy atom. The van der Waals surface area contributed by atoms with E-state index >= 15 is 0 Å². The largest absolute Gasteiger partial charge is 0.458 e. The van der Waals surface area contributed by atoms with E-state index in [0.717, 1.165) is 24.2 Å². The number of carbonyl (C=O) groups excluding carboxylic acids is 1. The molecule has 0 aromatic carbocycles. The van der Waals surface area contributed by atoms with Crippen LogP contribution in [0.4, 0.5) is 0 Å². The molecule has 0 radical (unpaired) electrons. The molecule has 0 saturated heterocycles. The number of hydrogen-bond acceptors (Lipinski definition) is 2. The molecule has 0 heterocycles. The normalized spacial score (nSPS) is 14.4. The van der Waals surface area contributed by atoms with Crippen LogP contribution >= 0.6 is 0 Å². The van der Waals surface area contributed by atoms with E-state index < -0.39 is 0 Å². The van der Waals surface area contributed by atoms with Crippen molar-refractivity contribution in [1.29, 1.82) is 0 Å². The maximum Gasteiger partial charge on any atom is 0.330 e. The van der Waals surface area contributed by atoms with Gasteiger partial charge in [0.15, 0.2) is 0 Å². The minimum Gasteiger partial charge on any atom is -0.458 e. The van der Waals surface area contributed by atoms with Crippen LogP contribution in [0.1, 0.15) is 92.4 Å². The zero-order valence-electron chi connectivity index (χ0n) is 17.5. The molecule has 0 fully saturated rings. The van der Waals surface area contributed by atoms with E-state index in [1.807, 2.05) is 6.08 Å². The molecule has 0 spiro atoms. The number of esters is 1. The van der Waals surface area contributed by atoms with E-state index in [4.69, 9.17) is 4.74 Å². The summed E-state index contributed by atoms with van der Waals surface area (Å²) in [6.07, 6.45) is 15.1. The molecule has 0 aromatic rings. The van der Waals surface area contributed by atoms with E-state index in [-0.39, 0.29) is 5.97 Å². The lowest BCUT2D eigenvalue weighted by Crippen LogP contribution is -2.01. The van der Waals surface area contributed by atoms with Gasteiger partial charge in [-0.1, -0.05) is 84.8 Å². The molecule has 0 aliphatic rings. The third-order valence-corrected chi connectivity index (χ3v) is 4.96. The first kappa shape index (κ1) is 23.9. The first-order valence-electron chi connectivity index (χ1n) is 10.3. The lowest BCUT2D eigenvalue weighted by molar-refractivity contribution is -0.136. The molecule has 0 aromatic heterocycles. The van der Waals surface area contributed by atoms with Gasteiger partial charge in [0.05, 0.1) is 0 Å². The molecule has 0 bridgehead atoms. The SMILES string of the molecule is C=CC(=O)OCC=C(C)CCCC(C)CCCC(C)CCCC(C)C. The second-order valence-electron chi connectivity index (χ2n) is 8.24. The van der Waals surface area contributed by atoms with Crippen molar-refractivity contribution in [2.45, 2.75) is 92.4 Å². The summed E-state index contributed by atoms with van der Waals surface area (Å²) < 4.78 is 4.97. The summed E-state index contributed by atoms with van der Waals surface area (Å²) in [5.74, 6) is 2.19. The Hall–Kier alpha value is -1.05. The van der Waals surface area contributed by atoms with E-state index in [1.165, 1.54) is 63.0 Å². The monoisotopic (exact) mass is 350 g/mol. The number of ether oxygens (including phenoxy) is 1. The predicted octanol–water partition coefficient (Wildman–Crippen LogP) is 7.10. The van der Waals surface area contributed by atoms with Crippen molar-refractivity contribution in [3.63, 3.8) is 0 Å². The van der Waals surface area contributed by atoms with Crippen LogP contribution in [0.15, 0.2) is 24.3 Å². The molecule has 0 aliphatic heterocycles. The molecule has 0 N–H and O–H groups in total. The van der Waals surface area contributed by atoms with Crippen LogP contribution in [0.2, 0.25) is 0 Å². The highest BCUT2D eigenvalue weighted by Crippen LogP contribution is 2.22. The van der Waals surface area contributed by atoms with E-state index in [0.29, 0.717) is 6.61 Å². The molecule has 25 heavy (non-hydrogen) atoms. The highest BCUT2D eigenvalue weighted by atomic mass is 16.5. The Morgan fingerprint density at radius 2 is 1.44 bits per heavy atom. The van der Waals surface area contributed by atoms with E-state index in [2.05, 4.69) is 41.2 Å². The smallest absolute Gasteiger partial charge is 0.330 e. The van der Waals surface area contributed by atoms with Crippen LogP contribution in [-0.2, 0) is 9.53 Å². The summed E-state index contributed by atoms with van der Waals surface area (Å²) in [7, 11) is 0. The Morgan fingerprint density at radius 3 is 1.96 bits per heavy atom. The summed E-state index contributed by atoms with van der Waals surface area (Å²) in [6, 6.07) is 0. The van der Waals surface area contributed by atoms with Gasteiger partial charge < -0.3 is 4.74 Å². The Bertz CT molecular complexity index is 382. The zero-order valence-corrected chi connectivity index (χ0v) is 17.5. The van der Waals surface area contributed by atoms with Crippen LogP contribution in [-0.4, -0.2) is 12.6 Å². The van der Waals surface area contributed by atoms with Gasteiger partial charge in [0.2, 0.25) is 0 Å². The van der Waals surface area contributed by atoms with Crippen molar-refractivity contribution in [2.75, 3.05) is 6.61 Å². The Balaban J connectivity index is 3.66. The Labute approximate surface area is 157 Å². The lowest BCUT2D eigenvalue weighted by atomic mass is 9.91. The first-order chi connectivity index (χ1) is 11.8. The Kier molecular flexibility index (Phi) is 14.6. The van der Waals surface area contributed by atoms with E-state index in [9.17, 15) is 4.79 Å². The molecule has 0 amide bonds. The zero-order chi connectivity index (χ0) is 19.1. The number of carbonyl (C=O) groups is 1. The molecular formula is C23H42O2. The van der Waals surface area contributed by atoms with Crippen molar-refractivity contribution < 1.29 is 9.53 Å². The molecule has 2 unspecified atom stereocenters. The molecule has 2 heteroatoms. The molecule has 0 saturated carbocycles. The minimum absolute atomic E-state index is 0.351. The second kappa shape index (κ2) is 15.2. The van der Waals surface area contributed by atoms with Crippen molar-refractivity contribution in [2.24, 2.45) is 17.8 Å². The summed E-state index contributed by atoms with van der Waals surface area (Å²) in [6.45, 7) is 15.3. The van der Waals surface area contributed by atoms with Crippen LogP contribution < -0.4 is 0 Å². The third-order valence-electron chi connectivity index (χ3n) is 4.96. The van der Waals surface area contributed by atoms with Crippen LogP contribution in [0.3, 0.4) is 0 Å². The van der Waals surface area contributed by atoms with Gasteiger partial charge in [-0.2, -0.15) is 0 Å². The average Bonchev–Trinajstić information content (AvgIpc) is 2.54. The molecule has 0 aliphatic carbocycles. The van der Waals surface area contributed by atoms with Crippen LogP contribution in [0.5, 0.6) is 0 Å². The fourth-order valence-electron chi connectivity index (χ4n) is 3.13. The minimum atomic E-state index is -0.351. The summed E-state index contributed by atoms with van der Waals surface area (Å²) in [5.41, 5.74) is 1.31. The van der Waals surface area contributed by atoms with Gasteiger partial charge in [0.25, 0.3) is 0 Å². The van der Waals surface area contributed by atoms with Gasteiger partial charge in [-0.15, -0.1) is 0 Å². The number of rotatable bonds is 15. The summed E-state index contributed by atoms with van der Waals surface area (Å²) in [4.78, 5) is 11.0. The molecule has 146 valence electrons. The second-order valence-corrected chi connectivity index (χ2v) is 8.24. The fourth-order valence-corrected chi connectivity index (χ4v) is 3.13. The standard InChI is InChI=1S/C23H42O2/c1-7-23(24)25-18-17-22(6)16-10-15-21(5)14-9-13-20(4)12-8-11-19(2)3/h7,17,19-21H,1,8-16,18H2,2-6H3.